The van der Waals surface area contributed by atoms with Gasteiger partial charge in [0.1, 0.15) is 0 Å². The van der Waals surface area contributed by atoms with Gasteiger partial charge in [-0.1, -0.05) is 18.2 Å². The number of rotatable bonds is 0. The van der Waals surface area contributed by atoms with Crippen LogP contribution < -0.4 is 4.90 Å². The summed E-state index contributed by atoms with van der Waals surface area (Å²) >= 11 is 0. The van der Waals surface area contributed by atoms with Crippen LogP contribution in [0.2, 0.25) is 0 Å². The number of hydrogen-bond acceptors (Lipinski definition) is 2. The van der Waals surface area contributed by atoms with E-state index in [-0.39, 0.29) is 5.92 Å². The molecule has 0 saturated carbocycles. The summed E-state index contributed by atoms with van der Waals surface area (Å²) < 4.78 is 0. The van der Waals surface area contributed by atoms with Gasteiger partial charge in [0.25, 0.3) is 0 Å². The summed E-state index contributed by atoms with van der Waals surface area (Å²) in [5.74, 6) is 0.454. The Morgan fingerprint density at radius 2 is 2.06 bits per heavy atom. The molecule has 1 aromatic carbocycles. The average molecular weight is 242 g/mol. The number of carbonyl (C=O) groups is 1. The van der Waals surface area contributed by atoms with E-state index in [0.717, 1.165) is 6.54 Å². The lowest BCUT2D eigenvalue weighted by Gasteiger charge is -2.35. The quantitative estimate of drug-likeness (QED) is 0.694. The third kappa shape index (κ3) is 1.12. The molecule has 3 heteroatoms. The van der Waals surface area contributed by atoms with Crippen molar-refractivity contribution in [1.82, 2.24) is 4.90 Å². The van der Waals surface area contributed by atoms with Crippen LogP contribution in [-0.4, -0.2) is 36.5 Å². The number of nitrogens with zero attached hydrogens (tertiary/aromatic N) is 2. The number of benzene rings is 1. The fourth-order valence-corrected chi connectivity index (χ4v) is 4.16. The van der Waals surface area contributed by atoms with Crippen molar-refractivity contribution in [3.63, 3.8) is 0 Å². The van der Waals surface area contributed by atoms with Crippen LogP contribution in [-0.2, 0) is 4.79 Å². The molecule has 0 radical (unpaired) electrons. The van der Waals surface area contributed by atoms with E-state index < -0.39 is 0 Å². The highest BCUT2D eigenvalue weighted by molar-refractivity contribution is 5.93. The molecule has 2 saturated heterocycles. The van der Waals surface area contributed by atoms with E-state index in [1.165, 1.54) is 30.5 Å². The van der Waals surface area contributed by atoms with Crippen LogP contribution in [0.1, 0.15) is 30.7 Å². The van der Waals surface area contributed by atoms with Gasteiger partial charge in [0.2, 0.25) is 5.91 Å². The standard InChI is InChI=1S/C15H18N2O/c1-16-11-7-3-2-6-10(11)13-14(16)12-8-4-5-9-17(12)15(13)18/h2-3,6-7,12-14H,4-5,8-9H2,1H3/t12-,13-,14-/m1/s1. The van der Waals surface area contributed by atoms with E-state index in [2.05, 4.69) is 41.1 Å². The van der Waals surface area contributed by atoms with E-state index in [1.807, 2.05) is 0 Å². The number of likely N-dealkylation sites (N-methyl/N-ethyl adjacent to an activating group) is 1. The first-order valence-corrected chi connectivity index (χ1v) is 6.91. The molecule has 0 unspecified atom stereocenters. The van der Waals surface area contributed by atoms with Crippen LogP contribution in [0.5, 0.6) is 0 Å². The van der Waals surface area contributed by atoms with Gasteiger partial charge in [-0.05, 0) is 30.9 Å². The molecule has 0 aromatic heterocycles. The van der Waals surface area contributed by atoms with Gasteiger partial charge >= 0.3 is 0 Å². The zero-order valence-electron chi connectivity index (χ0n) is 10.7. The lowest BCUT2D eigenvalue weighted by Crippen LogP contribution is -2.45. The number of amides is 1. The number of para-hydroxylation sites is 1. The molecule has 4 rings (SSSR count). The van der Waals surface area contributed by atoms with Gasteiger partial charge < -0.3 is 9.80 Å². The molecular formula is C15H18N2O. The van der Waals surface area contributed by atoms with Gasteiger partial charge in [0.05, 0.1) is 18.0 Å². The molecule has 94 valence electrons. The highest BCUT2D eigenvalue weighted by Crippen LogP contribution is 2.49. The minimum atomic E-state index is 0.0919. The largest absolute Gasteiger partial charge is 0.368 e. The second kappa shape index (κ2) is 3.50. The monoisotopic (exact) mass is 242 g/mol. The maximum atomic E-state index is 12.6. The fourth-order valence-electron chi connectivity index (χ4n) is 4.16. The second-order valence-electron chi connectivity index (χ2n) is 5.73. The summed E-state index contributed by atoms with van der Waals surface area (Å²) in [7, 11) is 2.15. The van der Waals surface area contributed by atoms with E-state index in [4.69, 9.17) is 0 Å². The number of piperidine rings is 1. The smallest absolute Gasteiger partial charge is 0.232 e. The number of fused-ring (bicyclic) bond motifs is 5. The Kier molecular flexibility index (Phi) is 2.02. The maximum absolute atomic E-state index is 12.6. The zero-order chi connectivity index (χ0) is 12.3. The molecule has 1 amide bonds. The summed E-state index contributed by atoms with van der Waals surface area (Å²) in [4.78, 5) is 17.1. The third-order valence-electron chi connectivity index (χ3n) is 4.93. The molecule has 0 aliphatic carbocycles. The Balaban J connectivity index is 1.83. The number of anilines is 1. The lowest BCUT2D eigenvalue weighted by molar-refractivity contribution is -0.130. The molecule has 0 bridgehead atoms. The number of carbonyl (C=O) groups excluding carboxylic acids is 1. The molecule has 3 nitrogen and oxygen atoms in total. The van der Waals surface area contributed by atoms with Crippen LogP contribution >= 0.6 is 0 Å². The minimum absolute atomic E-state index is 0.0919. The zero-order valence-corrected chi connectivity index (χ0v) is 10.7. The summed E-state index contributed by atoms with van der Waals surface area (Å²) in [6, 6.07) is 9.21. The summed E-state index contributed by atoms with van der Waals surface area (Å²) in [5, 5.41) is 0. The molecule has 0 spiro atoms. The van der Waals surface area contributed by atoms with Gasteiger partial charge in [-0.3, -0.25) is 4.79 Å². The first-order valence-electron chi connectivity index (χ1n) is 6.91. The maximum Gasteiger partial charge on any atom is 0.232 e. The van der Waals surface area contributed by atoms with Crippen molar-refractivity contribution >= 4 is 11.6 Å². The van der Waals surface area contributed by atoms with Crippen LogP contribution in [0.15, 0.2) is 24.3 Å². The van der Waals surface area contributed by atoms with E-state index >= 15 is 0 Å². The van der Waals surface area contributed by atoms with Crippen LogP contribution in [0.3, 0.4) is 0 Å². The molecular weight excluding hydrogens is 224 g/mol. The summed E-state index contributed by atoms with van der Waals surface area (Å²) in [5.41, 5.74) is 2.50. The van der Waals surface area contributed by atoms with E-state index in [0.29, 0.717) is 18.0 Å². The first kappa shape index (κ1) is 10.4. The Hall–Kier alpha value is -1.51. The third-order valence-corrected chi connectivity index (χ3v) is 4.93. The SMILES string of the molecule is CN1c2ccccc2[C@H]2C(=O)N3CCCC[C@@H]3[C@H]21. The molecule has 3 heterocycles. The Morgan fingerprint density at radius 3 is 2.94 bits per heavy atom. The first-order chi connectivity index (χ1) is 8.79. The normalized spacial score (nSPS) is 33.4. The van der Waals surface area contributed by atoms with Gasteiger partial charge in [0, 0.05) is 19.3 Å². The minimum Gasteiger partial charge on any atom is -0.368 e. The van der Waals surface area contributed by atoms with E-state index in [1.54, 1.807) is 0 Å². The second-order valence-corrected chi connectivity index (χ2v) is 5.73. The topological polar surface area (TPSA) is 23.6 Å². The van der Waals surface area contributed by atoms with E-state index in [9.17, 15) is 4.79 Å². The molecule has 3 aliphatic rings. The highest BCUT2D eigenvalue weighted by atomic mass is 16.2. The Bertz CT molecular complexity index is 513. The van der Waals surface area contributed by atoms with Crippen molar-refractivity contribution in [1.29, 1.82) is 0 Å². The van der Waals surface area contributed by atoms with Gasteiger partial charge in [0.15, 0.2) is 0 Å². The van der Waals surface area contributed by atoms with Crippen molar-refractivity contribution in [2.75, 3.05) is 18.5 Å². The van der Waals surface area contributed by atoms with Crippen LogP contribution in [0, 0.1) is 0 Å². The van der Waals surface area contributed by atoms with Gasteiger partial charge in [-0.25, -0.2) is 0 Å². The highest BCUT2D eigenvalue weighted by Gasteiger charge is 2.54. The number of hydrogen-bond donors (Lipinski definition) is 0. The predicted octanol–water partition coefficient (Wildman–Crippen LogP) is 1.98. The lowest BCUT2D eigenvalue weighted by atomic mass is 9.92. The molecule has 3 atom stereocenters. The predicted molar refractivity (Wildman–Crippen MR) is 70.7 cm³/mol. The fraction of sp³-hybridized carbons (Fsp3) is 0.533. The van der Waals surface area contributed by atoms with Gasteiger partial charge in [-0.2, -0.15) is 0 Å². The summed E-state index contributed by atoms with van der Waals surface area (Å²) in [6.07, 6.45) is 3.61. The van der Waals surface area contributed by atoms with Gasteiger partial charge in [-0.15, -0.1) is 0 Å². The Labute approximate surface area is 107 Å². The summed E-state index contributed by atoms with van der Waals surface area (Å²) in [6.45, 7) is 0.965. The van der Waals surface area contributed by atoms with Crippen molar-refractivity contribution in [2.45, 2.75) is 37.3 Å². The molecule has 2 fully saturated rings. The van der Waals surface area contributed by atoms with Crippen molar-refractivity contribution in [2.24, 2.45) is 0 Å². The Morgan fingerprint density at radius 1 is 1.22 bits per heavy atom. The molecule has 1 aromatic rings. The molecule has 0 N–H and O–H groups in total. The van der Waals surface area contributed by atoms with Crippen LogP contribution in [0.25, 0.3) is 0 Å². The average Bonchev–Trinajstić information content (AvgIpc) is 2.87. The van der Waals surface area contributed by atoms with Crippen molar-refractivity contribution in [3.05, 3.63) is 29.8 Å². The van der Waals surface area contributed by atoms with Crippen molar-refractivity contribution in [3.8, 4) is 0 Å². The molecule has 18 heavy (non-hydrogen) atoms. The van der Waals surface area contributed by atoms with Crippen molar-refractivity contribution < 1.29 is 4.79 Å². The van der Waals surface area contributed by atoms with Crippen LogP contribution in [0.4, 0.5) is 5.69 Å². The molecule has 3 aliphatic heterocycles.